The lowest BCUT2D eigenvalue weighted by Crippen LogP contribution is -2.40. The second kappa shape index (κ2) is 6.43. The number of halogens is 5. The number of hydrogen-bond donors (Lipinski definition) is 1. The van der Waals surface area contributed by atoms with Gasteiger partial charge in [-0.15, -0.1) is 11.6 Å². The SMILES string of the molecule is CC(C)C(CCl)NC(=O)c1cc(C(F)(F)F)ccc1F. The second-order valence-corrected chi connectivity index (χ2v) is 4.98. The molecule has 0 aliphatic carbocycles. The summed E-state index contributed by atoms with van der Waals surface area (Å²) in [6, 6.07) is 1.27. The van der Waals surface area contributed by atoms with E-state index in [4.69, 9.17) is 11.6 Å². The van der Waals surface area contributed by atoms with Crippen LogP contribution in [-0.2, 0) is 6.18 Å². The highest BCUT2D eigenvalue weighted by Crippen LogP contribution is 2.30. The van der Waals surface area contributed by atoms with Crippen LogP contribution in [0.2, 0.25) is 0 Å². The molecular formula is C13H14ClF4NO. The van der Waals surface area contributed by atoms with Crippen molar-refractivity contribution in [2.24, 2.45) is 5.92 Å². The maximum absolute atomic E-state index is 13.5. The van der Waals surface area contributed by atoms with Crippen LogP contribution >= 0.6 is 11.6 Å². The fraction of sp³-hybridized carbons (Fsp3) is 0.462. The van der Waals surface area contributed by atoms with Gasteiger partial charge in [0.05, 0.1) is 11.1 Å². The number of alkyl halides is 4. The molecule has 112 valence electrons. The molecule has 0 saturated heterocycles. The van der Waals surface area contributed by atoms with Crippen molar-refractivity contribution < 1.29 is 22.4 Å². The van der Waals surface area contributed by atoms with Crippen LogP contribution in [0.15, 0.2) is 18.2 Å². The lowest BCUT2D eigenvalue weighted by molar-refractivity contribution is -0.137. The zero-order chi connectivity index (χ0) is 15.5. The molecule has 0 heterocycles. The number of hydrogen-bond acceptors (Lipinski definition) is 1. The Bertz CT molecular complexity index is 488. The van der Waals surface area contributed by atoms with Crippen molar-refractivity contribution in [3.05, 3.63) is 35.1 Å². The van der Waals surface area contributed by atoms with Crippen molar-refractivity contribution in [3.8, 4) is 0 Å². The van der Waals surface area contributed by atoms with E-state index in [1.54, 1.807) is 13.8 Å². The molecule has 7 heteroatoms. The van der Waals surface area contributed by atoms with E-state index in [-0.39, 0.29) is 11.8 Å². The fourth-order valence-electron chi connectivity index (χ4n) is 1.51. The first-order valence-electron chi connectivity index (χ1n) is 5.90. The van der Waals surface area contributed by atoms with Crippen LogP contribution in [0.25, 0.3) is 0 Å². The molecule has 1 atom stereocenters. The molecule has 0 radical (unpaired) electrons. The standard InChI is InChI=1S/C13H14ClF4NO/c1-7(2)11(6-14)19-12(20)9-5-8(13(16,17)18)3-4-10(9)15/h3-5,7,11H,6H2,1-2H3,(H,19,20). The van der Waals surface area contributed by atoms with E-state index < -0.39 is 35.1 Å². The molecule has 1 rings (SSSR count). The van der Waals surface area contributed by atoms with Gasteiger partial charge in [0.1, 0.15) is 5.82 Å². The third kappa shape index (κ3) is 4.10. The van der Waals surface area contributed by atoms with E-state index >= 15 is 0 Å². The summed E-state index contributed by atoms with van der Waals surface area (Å²) in [7, 11) is 0. The molecule has 1 N–H and O–H groups in total. The molecule has 0 aliphatic rings. The molecule has 1 aromatic rings. The van der Waals surface area contributed by atoms with Crippen LogP contribution < -0.4 is 5.32 Å². The third-order valence-corrected chi connectivity index (χ3v) is 3.16. The maximum atomic E-state index is 13.5. The summed E-state index contributed by atoms with van der Waals surface area (Å²) in [4.78, 5) is 11.8. The molecule has 0 saturated carbocycles. The fourth-order valence-corrected chi connectivity index (χ4v) is 1.94. The van der Waals surface area contributed by atoms with Gasteiger partial charge in [-0.3, -0.25) is 4.79 Å². The monoisotopic (exact) mass is 311 g/mol. The van der Waals surface area contributed by atoms with Crippen LogP contribution in [-0.4, -0.2) is 17.8 Å². The topological polar surface area (TPSA) is 29.1 Å². The summed E-state index contributed by atoms with van der Waals surface area (Å²) in [5.74, 6) is -1.85. The number of carbonyl (C=O) groups is 1. The Labute approximate surface area is 119 Å². The largest absolute Gasteiger partial charge is 0.416 e. The highest BCUT2D eigenvalue weighted by Gasteiger charge is 2.32. The molecule has 0 aromatic heterocycles. The van der Waals surface area contributed by atoms with Gasteiger partial charge in [-0.1, -0.05) is 13.8 Å². The smallest absolute Gasteiger partial charge is 0.348 e. The number of amides is 1. The molecule has 1 amide bonds. The first kappa shape index (κ1) is 16.8. The van der Waals surface area contributed by atoms with E-state index in [1.165, 1.54) is 0 Å². The van der Waals surface area contributed by atoms with Crippen LogP contribution in [0.5, 0.6) is 0 Å². The van der Waals surface area contributed by atoms with Crippen molar-refractivity contribution >= 4 is 17.5 Å². The molecule has 0 spiro atoms. The predicted octanol–water partition coefficient (Wildman–Crippen LogP) is 3.84. The molecular weight excluding hydrogens is 298 g/mol. The van der Waals surface area contributed by atoms with Crippen LogP contribution in [0, 0.1) is 11.7 Å². The first-order valence-corrected chi connectivity index (χ1v) is 6.43. The first-order chi connectivity index (χ1) is 9.16. The van der Waals surface area contributed by atoms with Gasteiger partial charge < -0.3 is 5.32 Å². The van der Waals surface area contributed by atoms with Crippen molar-refractivity contribution in [2.75, 3.05) is 5.88 Å². The maximum Gasteiger partial charge on any atom is 0.416 e. The van der Waals surface area contributed by atoms with Gasteiger partial charge in [0, 0.05) is 11.9 Å². The minimum absolute atomic E-state index is 0.0229. The lowest BCUT2D eigenvalue weighted by atomic mass is 10.0. The molecule has 0 bridgehead atoms. The van der Waals surface area contributed by atoms with Gasteiger partial charge in [-0.2, -0.15) is 13.2 Å². The summed E-state index contributed by atoms with van der Waals surface area (Å²) in [5, 5.41) is 2.42. The Hall–Kier alpha value is -1.30. The van der Waals surface area contributed by atoms with E-state index in [9.17, 15) is 22.4 Å². The Balaban J connectivity index is 3.03. The zero-order valence-corrected chi connectivity index (χ0v) is 11.6. The average Bonchev–Trinajstić information content (AvgIpc) is 2.34. The number of carbonyl (C=O) groups excluding carboxylic acids is 1. The van der Waals surface area contributed by atoms with Crippen molar-refractivity contribution in [3.63, 3.8) is 0 Å². The number of nitrogens with one attached hydrogen (secondary N) is 1. The Morgan fingerprint density at radius 1 is 1.35 bits per heavy atom. The lowest BCUT2D eigenvalue weighted by Gasteiger charge is -2.20. The summed E-state index contributed by atoms with van der Waals surface area (Å²) >= 11 is 5.65. The van der Waals surface area contributed by atoms with Crippen molar-refractivity contribution in [1.29, 1.82) is 0 Å². The van der Waals surface area contributed by atoms with Gasteiger partial charge in [-0.25, -0.2) is 4.39 Å². The van der Waals surface area contributed by atoms with Gasteiger partial charge in [0.15, 0.2) is 0 Å². The van der Waals surface area contributed by atoms with E-state index in [0.717, 1.165) is 0 Å². The molecule has 0 aliphatic heterocycles. The average molecular weight is 312 g/mol. The number of benzene rings is 1. The van der Waals surface area contributed by atoms with Crippen LogP contribution in [0.4, 0.5) is 17.6 Å². The summed E-state index contributed by atoms with van der Waals surface area (Å²) in [5.41, 5.74) is -1.72. The second-order valence-electron chi connectivity index (χ2n) is 4.67. The molecule has 1 unspecified atom stereocenters. The highest BCUT2D eigenvalue weighted by molar-refractivity contribution is 6.18. The van der Waals surface area contributed by atoms with E-state index in [1.807, 2.05) is 0 Å². The minimum Gasteiger partial charge on any atom is -0.348 e. The zero-order valence-electron chi connectivity index (χ0n) is 10.9. The molecule has 1 aromatic carbocycles. The summed E-state index contributed by atoms with van der Waals surface area (Å²) < 4.78 is 51.1. The van der Waals surface area contributed by atoms with E-state index in [0.29, 0.717) is 18.2 Å². The van der Waals surface area contributed by atoms with Gasteiger partial charge in [0.2, 0.25) is 0 Å². The predicted molar refractivity (Wildman–Crippen MR) is 68.2 cm³/mol. The van der Waals surface area contributed by atoms with Gasteiger partial charge >= 0.3 is 6.18 Å². The minimum atomic E-state index is -4.63. The third-order valence-electron chi connectivity index (χ3n) is 2.83. The van der Waals surface area contributed by atoms with E-state index in [2.05, 4.69) is 5.32 Å². The summed E-state index contributed by atoms with van der Waals surface area (Å²) in [6.07, 6.45) is -4.63. The summed E-state index contributed by atoms with van der Waals surface area (Å²) in [6.45, 7) is 3.58. The normalized spacial score (nSPS) is 13.4. The molecule has 2 nitrogen and oxygen atoms in total. The quantitative estimate of drug-likeness (QED) is 0.664. The molecule has 20 heavy (non-hydrogen) atoms. The number of rotatable bonds is 4. The Morgan fingerprint density at radius 2 is 1.95 bits per heavy atom. The van der Waals surface area contributed by atoms with Gasteiger partial charge in [-0.05, 0) is 24.1 Å². The molecule has 0 fully saturated rings. The highest BCUT2D eigenvalue weighted by atomic mass is 35.5. The van der Waals surface area contributed by atoms with Crippen LogP contribution in [0.3, 0.4) is 0 Å². The van der Waals surface area contributed by atoms with Crippen molar-refractivity contribution in [2.45, 2.75) is 26.1 Å². The van der Waals surface area contributed by atoms with Crippen molar-refractivity contribution in [1.82, 2.24) is 5.32 Å². The van der Waals surface area contributed by atoms with Crippen LogP contribution in [0.1, 0.15) is 29.8 Å². The van der Waals surface area contributed by atoms with Gasteiger partial charge in [0.25, 0.3) is 5.91 Å². The Morgan fingerprint density at radius 3 is 2.40 bits per heavy atom. The Kier molecular flexibility index (Phi) is 5.39.